The fourth-order valence-electron chi connectivity index (χ4n) is 0.888. The number of hydrogen-bond acceptors (Lipinski definition) is 1. The Bertz CT molecular complexity index is 228. The Hall–Kier alpha value is 0.340. The van der Waals surface area contributed by atoms with Gasteiger partial charge < -0.3 is 0 Å². The summed E-state index contributed by atoms with van der Waals surface area (Å²) in [4.78, 5) is 1.14. The monoisotopic (exact) mass is 250 g/mol. The lowest BCUT2D eigenvalue weighted by molar-refractivity contribution is 1.22. The van der Waals surface area contributed by atoms with Gasteiger partial charge in [-0.2, -0.15) is 0 Å². The van der Waals surface area contributed by atoms with E-state index < -0.39 is 0 Å². The van der Waals surface area contributed by atoms with E-state index in [4.69, 9.17) is 10.7 Å². The van der Waals surface area contributed by atoms with Crippen LogP contribution in [0.15, 0.2) is 23.1 Å². The van der Waals surface area contributed by atoms with E-state index in [0.29, 0.717) is 0 Å². The van der Waals surface area contributed by atoms with Gasteiger partial charge in [0.05, 0.1) is 0 Å². The summed E-state index contributed by atoms with van der Waals surface area (Å²) in [5.74, 6) is 0. The molecule has 0 nitrogen and oxygen atoms in total. The van der Waals surface area contributed by atoms with Gasteiger partial charge in [0.25, 0.3) is 0 Å². The van der Waals surface area contributed by atoms with Crippen LogP contribution in [-0.2, 0) is 5.33 Å². The average Bonchev–Trinajstić information content (AvgIpc) is 2.05. The van der Waals surface area contributed by atoms with E-state index in [2.05, 4.69) is 28.9 Å². The molecule has 1 aromatic carbocycles. The fourth-order valence-corrected chi connectivity index (χ4v) is 2.37. The first kappa shape index (κ1) is 9.43. The first-order valence-corrected chi connectivity index (χ1v) is 5.99. The summed E-state index contributed by atoms with van der Waals surface area (Å²) in [5.41, 5.74) is 2.57. The third kappa shape index (κ3) is 2.14. The van der Waals surface area contributed by atoms with Crippen LogP contribution in [0.3, 0.4) is 0 Å². The van der Waals surface area contributed by atoms with Crippen LogP contribution in [0.2, 0.25) is 0 Å². The van der Waals surface area contributed by atoms with Gasteiger partial charge in [-0.15, -0.1) is 0 Å². The molecule has 1 rings (SSSR count). The highest BCUT2D eigenvalue weighted by atomic mass is 79.9. The predicted octanol–water partition coefficient (Wildman–Crippen LogP) is 4.14. The summed E-state index contributed by atoms with van der Waals surface area (Å²) in [5, 5.41) is 0.893. The Kier molecular flexibility index (Phi) is 3.76. The molecule has 0 aliphatic rings. The van der Waals surface area contributed by atoms with Crippen LogP contribution < -0.4 is 0 Å². The van der Waals surface area contributed by atoms with Crippen LogP contribution in [0.1, 0.15) is 11.1 Å². The van der Waals surface area contributed by atoms with Gasteiger partial charge in [0.2, 0.25) is 0 Å². The molecule has 0 saturated carbocycles. The van der Waals surface area contributed by atoms with E-state index in [1.807, 2.05) is 12.1 Å². The highest BCUT2D eigenvalue weighted by Gasteiger charge is 2.01. The third-order valence-corrected chi connectivity index (χ3v) is 3.33. The van der Waals surface area contributed by atoms with Crippen molar-refractivity contribution in [2.24, 2.45) is 0 Å². The molecule has 0 aliphatic carbocycles. The van der Waals surface area contributed by atoms with E-state index in [-0.39, 0.29) is 0 Å². The molecule has 0 N–H and O–H groups in total. The SMILES string of the molecule is Cc1c(CBr)cccc1SCl. The van der Waals surface area contributed by atoms with Gasteiger partial charge in [0, 0.05) is 10.2 Å². The van der Waals surface area contributed by atoms with Gasteiger partial charge in [-0.05, 0) is 45.8 Å². The Morgan fingerprint density at radius 2 is 2.27 bits per heavy atom. The third-order valence-electron chi connectivity index (χ3n) is 1.62. The number of hydrogen-bond donors (Lipinski definition) is 0. The predicted molar refractivity (Wildman–Crippen MR) is 55.5 cm³/mol. The molecule has 0 amide bonds. The van der Waals surface area contributed by atoms with Gasteiger partial charge in [-0.1, -0.05) is 28.1 Å². The zero-order valence-corrected chi connectivity index (χ0v) is 9.26. The molecule has 60 valence electrons. The van der Waals surface area contributed by atoms with Crippen LogP contribution >= 0.6 is 37.6 Å². The number of benzene rings is 1. The quantitative estimate of drug-likeness (QED) is 0.712. The second-order valence-electron chi connectivity index (χ2n) is 2.25. The van der Waals surface area contributed by atoms with Crippen molar-refractivity contribution < 1.29 is 0 Å². The highest BCUT2D eigenvalue weighted by Crippen LogP contribution is 2.28. The van der Waals surface area contributed by atoms with Crippen molar-refractivity contribution >= 4 is 37.6 Å². The molecular weight excluding hydrogens is 244 g/mol. The van der Waals surface area contributed by atoms with Crippen LogP contribution in [0, 0.1) is 6.92 Å². The molecule has 0 unspecified atom stereocenters. The standard InChI is InChI=1S/C8H8BrClS/c1-6-7(5-9)3-2-4-8(6)11-10/h2-4H,5H2,1H3. The first-order valence-electron chi connectivity index (χ1n) is 3.22. The molecule has 0 atom stereocenters. The smallest absolute Gasteiger partial charge is 0.0286 e. The molecular formula is C8H8BrClS. The maximum atomic E-state index is 5.66. The number of halogens is 2. The lowest BCUT2D eigenvalue weighted by Gasteiger charge is -2.04. The lowest BCUT2D eigenvalue weighted by Crippen LogP contribution is -1.85. The van der Waals surface area contributed by atoms with Crippen molar-refractivity contribution in [1.29, 1.82) is 0 Å². The topological polar surface area (TPSA) is 0 Å². The summed E-state index contributed by atoms with van der Waals surface area (Å²) in [7, 11) is 6.94. The molecule has 0 radical (unpaired) electrons. The zero-order valence-electron chi connectivity index (χ0n) is 6.10. The van der Waals surface area contributed by atoms with Crippen molar-refractivity contribution in [1.82, 2.24) is 0 Å². The molecule has 0 aromatic heterocycles. The van der Waals surface area contributed by atoms with Gasteiger partial charge in [-0.25, -0.2) is 0 Å². The molecule has 0 saturated heterocycles. The van der Waals surface area contributed by atoms with E-state index in [1.54, 1.807) is 0 Å². The average molecular weight is 252 g/mol. The van der Waals surface area contributed by atoms with Crippen molar-refractivity contribution in [2.45, 2.75) is 17.1 Å². The Labute approximate surface area is 84.0 Å². The molecule has 0 aliphatic heterocycles. The zero-order chi connectivity index (χ0) is 8.27. The highest BCUT2D eigenvalue weighted by molar-refractivity contribution is 9.08. The Morgan fingerprint density at radius 3 is 2.82 bits per heavy atom. The number of alkyl halides is 1. The summed E-state index contributed by atoms with van der Waals surface area (Å²) < 4.78 is 0. The van der Waals surface area contributed by atoms with Gasteiger partial charge in [0.1, 0.15) is 0 Å². The van der Waals surface area contributed by atoms with Crippen molar-refractivity contribution in [3.63, 3.8) is 0 Å². The van der Waals surface area contributed by atoms with E-state index in [1.165, 1.54) is 22.1 Å². The van der Waals surface area contributed by atoms with Crippen molar-refractivity contribution in [2.75, 3.05) is 0 Å². The fraction of sp³-hybridized carbons (Fsp3) is 0.250. The van der Waals surface area contributed by atoms with E-state index in [0.717, 1.165) is 10.2 Å². The lowest BCUT2D eigenvalue weighted by atomic mass is 10.1. The molecule has 3 heteroatoms. The minimum absolute atomic E-state index is 0.893. The van der Waals surface area contributed by atoms with Gasteiger partial charge in [0.15, 0.2) is 0 Å². The Balaban J connectivity index is 3.10. The van der Waals surface area contributed by atoms with Gasteiger partial charge in [-0.3, -0.25) is 0 Å². The summed E-state index contributed by atoms with van der Waals surface area (Å²) in [6, 6.07) is 6.15. The summed E-state index contributed by atoms with van der Waals surface area (Å²) in [6.07, 6.45) is 0. The molecule has 0 spiro atoms. The van der Waals surface area contributed by atoms with Crippen molar-refractivity contribution in [3.05, 3.63) is 29.3 Å². The molecule has 11 heavy (non-hydrogen) atoms. The van der Waals surface area contributed by atoms with Crippen LogP contribution in [0.4, 0.5) is 0 Å². The van der Waals surface area contributed by atoms with E-state index >= 15 is 0 Å². The first-order chi connectivity index (χ1) is 5.29. The minimum Gasteiger partial charge on any atom is -0.0876 e. The van der Waals surface area contributed by atoms with Gasteiger partial charge >= 0.3 is 0 Å². The Morgan fingerprint density at radius 1 is 1.55 bits per heavy atom. The minimum atomic E-state index is 0.893. The van der Waals surface area contributed by atoms with Crippen molar-refractivity contribution in [3.8, 4) is 0 Å². The maximum Gasteiger partial charge on any atom is 0.0286 e. The maximum absolute atomic E-state index is 5.66. The number of rotatable bonds is 2. The van der Waals surface area contributed by atoms with Crippen LogP contribution in [0.5, 0.6) is 0 Å². The molecule has 0 bridgehead atoms. The molecule has 1 aromatic rings. The summed E-state index contributed by atoms with van der Waals surface area (Å²) in [6.45, 7) is 2.08. The van der Waals surface area contributed by atoms with E-state index in [9.17, 15) is 0 Å². The largest absolute Gasteiger partial charge is 0.0876 e. The second kappa shape index (κ2) is 4.39. The normalized spacial score (nSPS) is 10.1. The van der Waals surface area contributed by atoms with Crippen LogP contribution in [0.25, 0.3) is 0 Å². The second-order valence-corrected chi connectivity index (χ2v) is 3.87. The molecule has 0 heterocycles. The summed E-state index contributed by atoms with van der Waals surface area (Å²) >= 11 is 3.42. The molecule has 0 fully saturated rings. The van der Waals surface area contributed by atoms with Crippen LogP contribution in [-0.4, -0.2) is 0 Å².